The van der Waals surface area contributed by atoms with Gasteiger partial charge in [0.2, 0.25) is 0 Å². The first-order valence-corrected chi connectivity index (χ1v) is 34.8. The number of ether oxygens (including phenoxy) is 2. The average molecular weight is 1270 g/mol. The van der Waals surface area contributed by atoms with Crippen LogP contribution in [0.15, 0.2) is 128 Å². The predicted molar refractivity (Wildman–Crippen MR) is 339 cm³/mol. The standard InChI is InChI=1S/C25H27FN2O4Si.C24H25FN2O4Si.C19H13FN2O4/c1-5-33(6-2,7-3)32-23-20-19(22(31-4)18-9-8-14-27-21(18)23)24(29)28(25(20)30)15-16-10-12-17(26)13-11-16;1-4-32(5-2,6-3)31-22-19-18(21(28)17-8-7-13-26-20(17)22)23(29)27(24(19)30)14-15-9-11-16(25)12-10-15;1-26-17-12-3-2-8-21-15(12)16(23)13-14(17)19(25)22(18(13)24)9-10-4-6-11(20)7-5-10/h8-14H,5-7,15H2,1-4H3;7-13,28H,4-6,14H2,1-3H3;2-8,23H,9H2,1H3. The largest absolute Gasteiger partial charge is 0.541 e. The molecule has 18 nitrogen and oxygen atoms in total. The Hall–Kier alpha value is -10.0. The van der Waals surface area contributed by atoms with Gasteiger partial charge >= 0.3 is 0 Å². The maximum Gasteiger partial charge on any atom is 0.265 e. The third-order valence-electron chi connectivity index (χ3n) is 17.4. The number of nitrogens with zero attached hydrogens (tertiary/aromatic N) is 6. The number of aromatic hydroxyl groups is 2. The summed E-state index contributed by atoms with van der Waals surface area (Å²) in [6.45, 7) is 12.5. The number of carbonyl (C=O) groups is 6. The lowest BCUT2D eigenvalue weighted by Crippen LogP contribution is -2.40. The molecule has 6 heterocycles. The number of rotatable bonds is 18. The van der Waals surface area contributed by atoms with E-state index in [2.05, 4.69) is 56.5 Å². The van der Waals surface area contributed by atoms with E-state index >= 15 is 0 Å². The minimum Gasteiger partial charge on any atom is -0.541 e. The number of pyridine rings is 3. The summed E-state index contributed by atoms with van der Waals surface area (Å²) < 4.78 is 64.0. The van der Waals surface area contributed by atoms with Gasteiger partial charge in [0, 0.05) is 34.7 Å². The summed E-state index contributed by atoms with van der Waals surface area (Å²) in [5, 5.41) is 22.9. The maximum atomic E-state index is 13.6. The Morgan fingerprint density at radius 2 is 0.648 bits per heavy atom. The fraction of sp³-hybridized carbons (Fsp3) is 0.250. The van der Waals surface area contributed by atoms with E-state index in [1.807, 2.05) is 6.07 Å². The molecule has 3 aliphatic heterocycles. The fourth-order valence-electron chi connectivity index (χ4n) is 11.8. The minimum absolute atomic E-state index is 0.0117. The van der Waals surface area contributed by atoms with Crippen molar-refractivity contribution >= 4 is 84.8 Å². The molecule has 468 valence electrons. The number of carbonyl (C=O) groups excluding carboxylic acids is 6. The second kappa shape index (κ2) is 26.2. The molecular weight excluding hydrogens is 1210 g/mol. The lowest BCUT2D eigenvalue weighted by Gasteiger charge is -2.30. The number of halogens is 3. The molecule has 3 aliphatic rings. The predicted octanol–water partition coefficient (Wildman–Crippen LogP) is 13.7. The van der Waals surface area contributed by atoms with Crippen molar-refractivity contribution in [3.05, 3.63) is 195 Å². The molecule has 3 aromatic heterocycles. The average Bonchev–Trinajstić information content (AvgIpc) is 1.66. The number of amides is 6. The number of phenolic OH excluding ortho intramolecular Hbond substituents is 2. The number of fused-ring (bicyclic) bond motifs is 6. The Labute approximate surface area is 524 Å². The van der Waals surface area contributed by atoms with E-state index in [1.165, 1.54) is 86.0 Å². The quantitative estimate of drug-likeness (QED) is 0.0601. The fourth-order valence-corrected chi connectivity index (χ4v) is 17.0. The molecule has 0 unspecified atom stereocenters. The van der Waals surface area contributed by atoms with Crippen molar-refractivity contribution in [2.45, 2.75) is 97.4 Å². The van der Waals surface area contributed by atoms with Crippen LogP contribution in [0.5, 0.6) is 34.5 Å². The normalized spacial score (nSPS) is 13.5. The van der Waals surface area contributed by atoms with Crippen LogP contribution >= 0.6 is 0 Å². The van der Waals surface area contributed by atoms with Crippen LogP contribution in [0.3, 0.4) is 0 Å². The van der Waals surface area contributed by atoms with E-state index in [0.29, 0.717) is 55.4 Å². The van der Waals surface area contributed by atoms with Crippen molar-refractivity contribution in [2.75, 3.05) is 14.2 Å². The van der Waals surface area contributed by atoms with Crippen molar-refractivity contribution in [1.82, 2.24) is 29.7 Å². The number of imide groups is 3. The van der Waals surface area contributed by atoms with Crippen LogP contribution in [-0.4, -0.2) is 106 Å². The second-order valence-corrected chi connectivity index (χ2v) is 31.4. The zero-order valence-corrected chi connectivity index (χ0v) is 53.3. The summed E-state index contributed by atoms with van der Waals surface area (Å²) in [5.41, 5.74) is 3.22. The molecular formula is C68H65F3N6O12Si2. The van der Waals surface area contributed by atoms with Gasteiger partial charge in [-0.15, -0.1) is 0 Å². The molecule has 0 aliphatic carbocycles. The molecule has 6 aromatic carbocycles. The topological polar surface area (TPSA) is 228 Å². The van der Waals surface area contributed by atoms with Gasteiger partial charge in [0.1, 0.15) is 68.3 Å². The molecule has 0 saturated heterocycles. The maximum absolute atomic E-state index is 13.6. The molecule has 23 heteroatoms. The zero-order valence-electron chi connectivity index (χ0n) is 51.3. The van der Waals surface area contributed by atoms with Crippen LogP contribution in [0, 0.1) is 17.5 Å². The first-order valence-electron chi connectivity index (χ1n) is 29.8. The molecule has 0 saturated carbocycles. The lowest BCUT2D eigenvalue weighted by atomic mass is 10.0. The van der Waals surface area contributed by atoms with Crippen LogP contribution in [0.25, 0.3) is 32.7 Å². The van der Waals surface area contributed by atoms with Gasteiger partial charge in [0.05, 0.1) is 61.7 Å². The Morgan fingerprint density at radius 1 is 0.374 bits per heavy atom. The molecule has 6 amide bonds. The Morgan fingerprint density at radius 3 is 1.00 bits per heavy atom. The lowest BCUT2D eigenvalue weighted by molar-refractivity contribution is 0.0625. The van der Waals surface area contributed by atoms with Gasteiger partial charge in [0.15, 0.2) is 5.75 Å². The summed E-state index contributed by atoms with van der Waals surface area (Å²) in [4.78, 5) is 95.8. The number of benzene rings is 6. The van der Waals surface area contributed by atoms with Crippen molar-refractivity contribution in [1.29, 1.82) is 0 Å². The number of methoxy groups -OCH3 is 2. The molecule has 9 aromatic rings. The smallest absolute Gasteiger partial charge is 0.265 e. The monoisotopic (exact) mass is 1270 g/mol. The highest BCUT2D eigenvalue weighted by molar-refractivity contribution is 6.75. The summed E-state index contributed by atoms with van der Waals surface area (Å²) in [7, 11) is -1.57. The highest BCUT2D eigenvalue weighted by atomic mass is 28.4. The summed E-state index contributed by atoms with van der Waals surface area (Å²) in [6.07, 6.45) is 4.70. The number of aromatic nitrogens is 3. The van der Waals surface area contributed by atoms with Crippen molar-refractivity contribution in [3.63, 3.8) is 0 Å². The van der Waals surface area contributed by atoms with Crippen LogP contribution in [0.2, 0.25) is 36.3 Å². The van der Waals surface area contributed by atoms with Crippen molar-refractivity contribution in [3.8, 4) is 34.5 Å². The first-order chi connectivity index (χ1) is 43.8. The summed E-state index contributed by atoms with van der Waals surface area (Å²) in [5.74, 6) is -3.91. The van der Waals surface area contributed by atoms with E-state index in [0.717, 1.165) is 46.1 Å². The molecule has 91 heavy (non-hydrogen) atoms. The van der Waals surface area contributed by atoms with Crippen LogP contribution in [0.4, 0.5) is 13.2 Å². The van der Waals surface area contributed by atoms with Gasteiger partial charge < -0.3 is 28.5 Å². The van der Waals surface area contributed by atoms with E-state index < -0.39 is 63.7 Å². The molecule has 0 spiro atoms. The molecule has 12 rings (SSSR count). The Balaban J connectivity index is 0.000000151. The van der Waals surface area contributed by atoms with Gasteiger partial charge in [-0.05, 0) is 126 Å². The van der Waals surface area contributed by atoms with Crippen molar-refractivity contribution < 1.29 is 70.5 Å². The molecule has 0 radical (unpaired) electrons. The van der Waals surface area contributed by atoms with Gasteiger partial charge in [-0.25, -0.2) is 13.2 Å². The van der Waals surface area contributed by atoms with Gasteiger partial charge in [-0.2, -0.15) is 0 Å². The van der Waals surface area contributed by atoms with Gasteiger partial charge in [-0.1, -0.05) is 77.9 Å². The van der Waals surface area contributed by atoms with Crippen molar-refractivity contribution in [2.24, 2.45) is 0 Å². The van der Waals surface area contributed by atoms with E-state index in [1.54, 1.807) is 54.9 Å². The third-order valence-corrected chi connectivity index (χ3v) is 26.4. The van der Waals surface area contributed by atoms with E-state index in [4.69, 9.17) is 18.3 Å². The summed E-state index contributed by atoms with van der Waals surface area (Å²) >= 11 is 0. The molecule has 0 bridgehead atoms. The Bertz CT molecular complexity index is 4360. The van der Waals surface area contributed by atoms with Crippen LogP contribution in [0.1, 0.15) is 120 Å². The highest BCUT2D eigenvalue weighted by Crippen LogP contribution is 2.49. The molecule has 0 fully saturated rings. The third kappa shape index (κ3) is 11.6. The number of hydrogen-bond acceptors (Lipinski definition) is 15. The van der Waals surface area contributed by atoms with E-state index in [9.17, 15) is 52.2 Å². The minimum atomic E-state index is -2.24. The number of hydrogen-bond donors (Lipinski definition) is 2. The van der Waals surface area contributed by atoms with E-state index in [-0.39, 0.29) is 87.3 Å². The first kappa shape index (κ1) is 64.0. The van der Waals surface area contributed by atoms with Gasteiger partial charge in [0.25, 0.3) is 52.1 Å². The molecule has 0 atom stereocenters. The number of phenols is 2. The SMILES string of the molecule is CC[Si](CC)(CC)Oc1c2c(c(O)c3cccnc13)C(=O)N(Cc1ccc(F)cc1)C2=O.CC[Si](CC)(CC)Oc1c2c(c(OC)c3cccnc13)C(=O)N(Cc1ccc(F)cc1)C2=O.COc1c2c(c(O)c3ncccc13)C(=O)N(Cc1ccc(F)cc1)C2=O. The highest BCUT2D eigenvalue weighted by Gasteiger charge is 2.47. The second-order valence-electron chi connectivity index (χ2n) is 22.0. The molecule has 2 N–H and O–H groups in total. The van der Waals surface area contributed by atoms with Crippen LogP contribution < -0.4 is 18.3 Å². The van der Waals surface area contributed by atoms with Crippen LogP contribution in [-0.2, 0) is 19.6 Å². The summed E-state index contributed by atoms with van der Waals surface area (Å²) in [6, 6.07) is 32.2. The van der Waals surface area contributed by atoms with Gasteiger partial charge in [-0.3, -0.25) is 58.4 Å². The zero-order chi connectivity index (χ0) is 65.2. The Kier molecular flexibility index (Phi) is 18.4.